The van der Waals surface area contributed by atoms with Crippen molar-refractivity contribution in [2.75, 3.05) is 5.32 Å². The molecule has 2 N–H and O–H groups in total. The second-order valence-corrected chi connectivity index (χ2v) is 8.15. The van der Waals surface area contributed by atoms with Crippen molar-refractivity contribution in [3.8, 4) is 11.4 Å². The summed E-state index contributed by atoms with van der Waals surface area (Å²) in [5.41, 5.74) is 4.23. The van der Waals surface area contributed by atoms with Crippen LogP contribution in [0.4, 0.5) is 5.69 Å². The van der Waals surface area contributed by atoms with Gasteiger partial charge in [-0.05, 0) is 70.0 Å². The summed E-state index contributed by atoms with van der Waals surface area (Å²) in [6.45, 7) is 0.662. The molecule has 0 saturated heterocycles. The van der Waals surface area contributed by atoms with Gasteiger partial charge in [0.25, 0.3) is 5.91 Å². The highest BCUT2D eigenvalue weighted by Crippen LogP contribution is 2.24. The summed E-state index contributed by atoms with van der Waals surface area (Å²) >= 11 is 3.44. The predicted molar refractivity (Wildman–Crippen MR) is 126 cm³/mol. The zero-order valence-electron chi connectivity index (χ0n) is 16.7. The number of amides is 1. The Labute approximate surface area is 190 Å². The number of nitrogens with zero attached hydrogens (tertiary/aromatic N) is 2. The fourth-order valence-corrected chi connectivity index (χ4v) is 3.94. The lowest BCUT2D eigenvalue weighted by Gasteiger charge is -2.09. The van der Waals surface area contributed by atoms with Crippen LogP contribution in [-0.4, -0.2) is 20.6 Å². The van der Waals surface area contributed by atoms with Gasteiger partial charge in [0.1, 0.15) is 0 Å². The zero-order chi connectivity index (χ0) is 22.1. The van der Waals surface area contributed by atoms with Gasteiger partial charge < -0.3 is 9.88 Å². The topological polar surface area (TPSA) is 92.9 Å². The van der Waals surface area contributed by atoms with Crippen molar-refractivity contribution in [1.29, 1.82) is 0 Å². The molecule has 8 heteroatoms. The van der Waals surface area contributed by atoms with Crippen LogP contribution in [0.25, 0.3) is 22.3 Å². The van der Waals surface area contributed by atoms with Crippen LogP contribution >= 0.6 is 15.9 Å². The fourth-order valence-electron chi connectivity index (χ4n) is 3.55. The van der Waals surface area contributed by atoms with E-state index < -0.39 is 5.76 Å². The minimum Gasteiger partial charge on any atom is -0.343 e. The van der Waals surface area contributed by atoms with Crippen LogP contribution in [0.15, 0.2) is 92.8 Å². The van der Waals surface area contributed by atoms with E-state index in [1.165, 1.54) is 0 Å². The number of para-hydroxylation sites is 1. The molecule has 32 heavy (non-hydrogen) atoms. The van der Waals surface area contributed by atoms with Crippen LogP contribution in [0, 0.1) is 0 Å². The molecular weight excluding hydrogens is 472 g/mol. The Bertz CT molecular complexity index is 1480. The SMILES string of the molecule is O=C(Nc1ccccc1Br)c1ccc(Cn2ccc3cc(-c4noc(=O)[nH]4)ccc32)cc1. The zero-order valence-corrected chi connectivity index (χ0v) is 18.3. The molecule has 0 saturated carbocycles. The van der Waals surface area contributed by atoms with Gasteiger partial charge in [-0.15, -0.1) is 0 Å². The number of rotatable bonds is 5. The number of benzene rings is 3. The maximum Gasteiger partial charge on any atom is 0.439 e. The predicted octanol–water partition coefficient (Wildman–Crippen LogP) is 5.05. The van der Waals surface area contributed by atoms with Crippen molar-refractivity contribution in [2.24, 2.45) is 0 Å². The second kappa shape index (κ2) is 8.32. The van der Waals surface area contributed by atoms with Crippen LogP contribution in [-0.2, 0) is 6.54 Å². The molecule has 0 unspecified atom stereocenters. The number of aromatic amines is 1. The summed E-state index contributed by atoms with van der Waals surface area (Å²) in [7, 11) is 0. The largest absolute Gasteiger partial charge is 0.439 e. The van der Waals surface area contributed by atoms with Gasteiger partial charge in [-0.1, -0.05) is 29.4 Å². The molecule has 0 fully saturated rings. The molecule has 3 aromatic carbocycles. The lowest BCUT2D eigenvalue weighted by molar-refractivity contribution is 0.102. The molecule has 7 nitrogen and oxygen atoms in total. The first-order valence-corrected chi connectivity index (χ1v) is 10.7. The first-order chi connectivity index (χ1) is 15.6. The number of carbonyl (C=O) groups excluding carboxylic acids is 1. The Kier molecular flexibility index (Phi) is 5.20. The highest BCUT2D eigenvalue weighted by Gasteiger charge is 2.10. The van der Waals surface area contributed by atoms with Crippen molar-refractivity contribution in [2.45, 2.75) is 6.54 Å². The van der Waals surface area contributed by atoms with Gasteiger partial charge in [0.15, 0.2) is 5.82 Å². The lowest BCUT2D eigenvalue weighted by Crippen LogP contribution is -2.12. The van der Waals surface area contributed by atoms with Crippen molar-refractivity contribution in [1.82, 2.24) is 14.7 Å². The molecule has 158 valence electrons. The van der Waals surface area contributed by atoms with E-state index in [2.05, 4.69) is 40.5 Å². The molecule has 5 rings (SSSR count). The van der Waals surface area contributed by atoms with E-state index in [4.69, 9.17) is 0 Å². The Morgan fingerprint density at radius 3 is 2.62 bits per heavy atom. The number of nitrogens with one attached hydrogen (secondary N) is 2. The van der Waals surface area contributed by atoms with Gasteiger partial charge in [-0.25, -0.2) is 4.79 Å². The minimum absolute atomic E-state index is 0.159. The van der Waals surface area contributed by atoms with Crippen molar-refractivity contribution >= 4 is 38.4 Å². The molecule has 2 heterocycles. The molecule has 2 aromatic heterocycles. The Balaban J connectivity index is 1.32. The number of H-pyrrole nitrogens is 1. The monoisotopic (exact) mass is 488 g/mol. The summed E-state index contributed by atoms with van der Waals surface area (Å²) in [6.07, 6.45) is 2.01. The quantitative estimate of drug-likeness (QED) is 0.362. The number of aromatic nitrogens is 3. The van der Waals surface area contributed by atoms with Gasteiger partial charge >= 0.3 is 5.76 Å². The van der Waals surface area contributed by atoms with Crippen molar-refractivity contribution in [3.63, 3.8) is 0 Å². The Morgan fingerprint density at radius 2 is 1.88 bits per heavy atom. The van der Waals surface area contributed by atoms with Crippen LogP contribution in [0.2, 0.25) is 0 Å². The third-order valence-electron chi connectivity index (χ3n) is 5.18. The number of hydrogen-bond acceptors (Lipinski definition) is 4. The average Bonchev–Trinajstić information content (AvgIpc) is 3.42. The van der Waals surface area contributed by atoms with E-state index in [0.29, 0.717) is 17.9 Å². The van der Waals surface area contributed by atoms with E-state index in [-0.39, 0.29) is 5.91 Å². The van der Waals surface area contributed by atoms with Gasteiger partial charge in [0, 0.05) is 39.2 Å². The number of fused-ring (bicyclic) bond motifs is 1. The molecular formula is C24H17BrN4O3. The number of carbonyl (C=O) groups is 1. The van der Waals surface area contributed by atoms with Gasteiger partial charge in [0.2, 0.25) is 0 Å². The molecule has 5 aromatic rings. The van der Waals surface area contributed by atoms with Gasteiger partial charge in [-0.3, -0.25) is 14.3 Å². The maximum absolute atomic E-state index is 12.5. The van der Waals surface area contributed by atoms with Crippen LogP contribution in [0.5, 0.6) is 0 Å². The van der Waals surface area contributed by atoms with Crippen LogP contribution < -0.4 is 11.1 Å². The maximum atomic E-state index is 12.5. The fraction of sp³-hybridized carbons (Fsp3) is 0.0417. The standard InChI is InChI=1S/C24H17BrN4O3/c25-19-3-1-2-4-20(19)26-23(30)16-7-5-15(6-8-16)14-29-12-11-17-13-18(9-10-21(17)29)22-27-24(31)32-28-22/h1-13H,14H2,(H,26,30)(H,27,28,31). The number of hydrogen-bond donors (Lipinski definition) is 2. The summed E-state index contributed by atoms with van der Waals surface area (Å²) in [5, 5.41) is 7.67. The summed E-state index contributed by atoms with van der Waals surface area (Å²) in [4.78, 5) is 26.3. The van der Waals surface area contributed by atoms with Gasteiger partial charge in [-0.2, -0.15) is 0 Å². The van der Waals surface area contributed by atoms with Crippen LogP contribution in [0.1, 0.15) is 15.9 Å². The average molecular weight is 489 g/mol. The highest BCUT2D eigenvalue weighted by atomic mass is 79.9. The van der Waals surface area contributed by atoms with E-state index >= 15 is 0 Å². The molecule has 0 bridgehead atoms. The Morgan fingerprint density at radius 1 is 1.06 bits per heavy atom. The van der Waals surface area contributed by atoms with Crippen molar-refractivity contribution < 1.29 is 9.32 Å². The molecule has 0 radical (unpaired) electrons. The molecule has 0 aliphatic heterocycles. The van der Waals surface area contributed by atoms with E-state index in [1.807, 2.05) is 79.0 Å². The number of anilines is 1. The molecule has 0 atom stereocenters. The normalized spacial score (nSPS) is 11.0. The van der Waals surface area contributed by atoms with Crippen molar-refractivity contribution in [3.05, 3.63) is 105 Å². The third-order valence-corrected chi connectivity index (χ3v) is 5.87. The summed E-state index contributed by atoms with van der Waals surface area (Å²) in [5.74, 6) is -0.333. The molecule has 1 amide bonds. The van der Waals surface area contributed by atoms with Crippen LogP contribution in [0.3, 0.4) is 0 Å². The Hall–Kier alpha value is -3.91. The lowest BCUT2D eigenvalue weighted by atomic mass is 10.1. The number of halogens is 1. The molecule has 0 spiro atoms. The van der Waals surface area contributed by atoms with E-state index in [1.54, 1.807) is 0 Å². The minimum atomic E-state index is -0.578. The molecule has 0 aliphatic rings. The first kappa shape index (κ1) is 20.0. The van der Waals surface area contributed by atoms with Gasteiger partial charge in [0.05, 0.1) is 5.69 Å². The first-order valence-electron chi connectivity index (χ1n) is 9.87. The van der Waals surface area contributed by atoms with E-state index in [9.17, 15) is 9.59 Å². The second-order valence-electron chi connectivity index (χ2n) is 7.29. The van der Waals surface area contributed by atoms with E-state index in [0.717, 1.165) is 32.2 Å². The third kappa shape index (κ3) is 4.00. The highest BCUT2D eigenvalue weighted by molar-refractivity contribution is 9.10. The summed E-state index contributed by atoms with van der Waals surface area (Å²) in [6, 6.07) is 22.9. The molecule has 0 aliphatic carbocycles. The summed E-state index contributed by atoms with van der Waals surface area (Å²) < 4.78 is 7.54. The smallest absolute Gasteiger partial charge is 0.343 e.